The highest BCUT2D eigenvalue weighted by molar-refractivity contribution is 14.1. The molecule has 1 rings (SSSR count). The molecule has 0 radical (unpaired) electrons. The topological polar surface area (TPSA) is 20.3 Å². The maximum atomic E-state index is 12.8. The van der Waals surface area contributed by atoms with E-state index < -0.39 is 24.7 Å². The maximum absolute atomic E-state index is 12.8. The minimum absolute atomic E-state index is 0.340. The smallest absolute Gasteiger partial charge is 0.327 e. The summed E-state index contributed by atoms with van der Waals surface area (Å²) in [5, 5.41) is 0. The third kappa shape index (κ3) is 4.86. The second kappa shape index (κ2) is 7.47. The molecule has 0 atom stereocenters. The molecule has 0 aliphatic heterocycles. The summed E-state index contributed by atoms with van der Waals surface area (Å²) in [4.78, 5) is 13.5. The number of nitrogens with zero attached hydrogens (tertiary/aromatic N) is 1. The van der Waals surface area contributed by atoms with E-state index >= 15 is 0 Å². The third-order valence-electron chi connectivity index (χ3n) is 3.42. The first kappa shape index (κ1) is 18.3. The van der Waals surface area contributed by atoms with Gasteiger partial charge in [0.15, 0.2) is 0 Å². The van der Waals surface area contributed by atoms with Gasteiger partial charge in [-0.25, -0.2) is 0 Å². The molecule has 21 heavy (non-hydrogen) atoms. The fraction of sp³-hybridized carbons (Fsp3) is 0.533. The molecule has 0 aromatic heterocycles. The molecule has 1 amide bonds. The summed E-state index contributed by atoms with van der Waals surface area (Å²) in [6.07, 6.45) is -3.39. The Balaban J connectivity index is 3.18. The predicted molar refractivity (Wildman–Crippen MR) is 85.4 cm³/mol. The summed E-state index contributed by atoms with van der Waals surface area (Å²) in [5.74, 6) is -0.547. The third-order valence-corrected chi connectivity index (χ3v) is 4.85. The van der Waals surface area contributed by atoms with E-state index in [1.165, 1.54) is 0 Å². The average Bonchev–Trinajstić information content (AvgIpc) is 2.40. The molecular formula is C15H19F3INO. The summed E-state index contributed by atoms with van der Waals surface area (Å²) in [7, 11) is 0. The van der Waals surface area contributed by atoms with Crippen molar-refractivity contribution >= 4 is 28.5 Å². The highest BCUT2D eigenvalue weighted by Crippen LogP contribution is 2.25. The first-order valence-electron chi connectivity index (χ1n) is 6.84. The Hall–Kier alpha value is -0.790. The zero-order chi connectivity index (χ0) is 16.2. The number of carbonyl (C=O) groups is 1. The van der Waals surface area contributed by atoms with Crippen LogP contribution in [0.4, 0.5) is 13.2 Å². The van der Waals surface area contributed by atoms with Gasteiger partial charge in [-0.15, -0.1) is 0 Å². The van der Waals surface area contributed by atoms with Crippen LogP contribution < -0.4 is 0 Å². The van der Waals surface area contributed by atoms with Gasteiger partial charge in [0.2, 0.25) is 0 Å². The molecule has 1 aromatic rings. The second-order valence-corrected chi connectivity index (χ2v) is 6.03. The SMILES string of the molecule is CCC(CC)N(CC(F)(F)F)C(=O)c1cccc(C)c1I. The molecule has 6 heteroatoms. The average molecular weight is 413 g/mol. The van der Waals surface area contributed by atoms with E-state index in [9.17, 15) is 18.0 Å². The Labute approximate surface area is 136 Å². The molecule has 0 bridgehead atoms. The molecule has 0 unspecified atom stereocenters. The van der Waals surface area contributed by atoms with Gasteiger partial charge in [0, 0.05) is 9.61 Å². The van der Waals surface area contributed by atoms with Crippen LogP contribution in [-0.2, 0) is 0 Å². The molecule has 2 nitrogen and oxygen atoms in total. The van der Waals surface area contributed by atoms with E-state index in [1.807, 2.05) is 35.6 Å². The standard InChI is InChI=1S/C15H19F3INO/c1-4-11(5-2)20(9-15(16,17)18)14(21)12-8-6-7-10(3)13(12)19/h6-8,11H,4-5,9H2,1-3H3. The van der Waals surface area contributed by atoms with E-state index in [0.29, 0.717) is 22.0 Å². The normalized spacial score (nSPS) is 11.8. The van der Waals surface area contributed by atoms with Crippen LogP contribution in [0.1, 0.15) is 42.6 Å². The minimum Gasteiger partial charge on any atom is -0.327 e. The largest absolute Gasteiger partial charge is 0.406 e. The Morgan fingerprint density at radius 1 is 1.29 bits per heavy atom. The van der Waals surface area contributed by atoms with Gasteiger partial charge in [-0.3, -0.25) is 4.79 Å². The first-order chi connectivity index (χ1) is 9.71. The Morgan fingerprint density at radius 3 is 2.33 bits per heavy atom. The lowest BCUT2D eigenvalue weighted by atomic mass is 10.1. The van der Waals surface area contributed by atoms with Crippen molar-refractivity contribution in [3.05, 3.63) is 32.9 Å². The van der Waals surface area contributed by atoms with Crippen LogP contribution in [0.5, 0.6) is 0 Å². The van der Waals surface area contributed by atoms with E-state index in [1.54, 1.807) is 26.0 Å². The highest BCUT2D eigenvalue weighted by atomic mass is 127. The zero-order valence-corrected chi connectivity index (χ0v) is 14.5. The van der Waals surface area contributed by atoms with Crippen molar-refractivity contribution in [3.8, 4) is 0 Å². The number of halogens is 4. The second-order valence-electron chi connectivity index (χ2n) is 4.96. The fourth-order valence-corrected chi connectivity index (χ4v) is 2.85. The van der Waals surface area contributed by atoms with E-state index in [0.717, 1.165) is 10.5 Å². The molecule has 0 heterocycles. The number of carbonyl (C=O) groups excluding carboxylic acids is 1. The monoisotopic (exact) mass is 413 g/mol. The van der Waals surface area contributed by atoms with Gasteiger partial charge in [0.25, 0.3) is 5.91 Å². The summed E-state index contributed by atoms with van der Waals surface area (Å²) in [5.41, 5.74) is 1.23. The number of amides is 1. The molecule has 0 N–H and O–H groups in total. The van der Waals surface area contributed by atoms with Gasteiger partial charge in [0.1, 0.15) is 6.54 Å². The van der Waals surface area contributed by atoms with Crippen LogP contribution in [0, 0.1) is 10.5 Å². The number of aryl methyl sites for hydroxylation is 1. The van der Waals surface area contributed by atoms with Crippen LogP contribution in [0.15, 0.2) is 18.2 Å². The summed E-state index contributed by atoms with van der Waals surface area (Å²) in [6, 6.07) is 4.71. The van der Waals surface area contributed by atoms with Crippen molar-refractivity contribution in [2.45, 2.75) is 45.8 Å². The van der Waals surface area contributed by atoms with Crippen LogP contribution in [-0.4, -0.2) is 29.6 Å². The molecule has 0 fully saturated rings. The Kier molecular flexibility index (Phi) is 6.49. The van der Waals surface area contributed by atoms with Crippen molar-refractivity contribution in [1.82, 2.24) is 4.90 Å². The molecule has 0 aliphatic carbocycles. The van der Waals surface area contributed by atoms with Gasteiger partial charge < -0.3 is 4.90 Å². The van der Waals surface area contributed by atoms with E-state index in [4.69, 9.17) is 0 Å². The maximum Gasteiger partial charge on any atom is 0.406 e. The molecule has 0 saturated heterocycles. The molecule has 1 aromatic carbocycles. The lowest BCUT2D eigenvalue weighted by molar-refractivity contribution is -0.144. The van der Waals surface area contributed by atoms with E-state index in [2.05, 4.69) is 0 Å². The van der Waals surface area contributed by atoms with Crippen molar-refractivity contribution in [2.24, 2.45) is 0 Å². The number of rotatable bonds is 5. The first-order valence-corrected chi connectivity index (χ1v) is 7.92. The van der Waals surface area contributed by atoms with Crippen LogP contribution in [0.2, 0.25) is 0 Å². The molecular weight excluding hydrogens is 394 g/mol. The molecule has 0 saturated carbocycles. The van der Waals surface area contributed by atoms with Gasteiger partial charge >= 0.3 is 6.18 Å². The molecule has 118 valence electrons. The van der Waals surface area contributed by atoms with Gasteiger partial charge in [-0.1, -0.05) is 26.0 Å². The number of benzene rings is 1. The lowest BCUT2D eigenvalue weighted by Crippen LogP contribution is -2.45. The van der Waals surface area contributed by atoms with Gasteiger partial charge in [-0.05, 0) is 54.0 Å². The Bertz CT molecular complexity index is 498. The quantitative estimate of drug-likeness (QED) is 0.636. The van der Waals surface area contributed by atoms with Crippen molar-refractivity contribution in [2.75, 3.05) is 6.54 Å². The number of alkyl halides is 3. The lowest BCUT2D eigenvalue weighted by Gasteiger charge is -2.31. The van der Waals surface area contributed by atoms with Gasteiger partial charge in [-0.2, -0.15) is 13.2 Å². The van der Waals surface area contributed by atoms with Crippen molar-refractivity contribution in [1.29, 1.82) is 0 Å². The summed E-state index contributed by atoms with van der Waals surface area (Å²) >= 11 is 2.01. The van der Waals surface area contributed by atoms with Crippen LogP contribution in [0.25, 0.3) is 0 Å². The predicted octanol–water partition coefficient (Wildman–Crippen LogP) is 4.79. The zero-order valence-electron chi connectivity index (χ0n) is 12.3. The summed E-state index contributed by atoms with van der Waals surface area (Å²) in [6.45, 7) is 4.23. The van der Waals surface area contributed by atoms with Crippen molar-refractivity contribution < 1.29 is 18.0 Å². The van der Waals surface area contributed by atoms with Crippen LogP contribution >= 0.6 is 22.6 Å². The highest BCUT2D eigenvalue weighted by Gasteiger charge is 2.36. The Morgan fingerprint density at radius 2 is 1.86 bits per heavy atom. The summed E-state index contributed by atoms with van der Waals surface area (Å²) < 4.78 is 39.1. The van der Waals surface area contributed by atoms with E-state index in [-0.39, 0.29) is 0 Å². The number of hydrogen-bond donors (Lipinski definition) is 0. The number of hydrogen-bond acceptors (Lipinski definition) is 1. The van der Waals surface area contributed by atoms with Gasteiger partial charge in [0.05, 0.1) is 5.56 Å². The minimum atomic E-state index is -4.40. The van der Waals surface area contributed by atoms with Crippen LogP contribution in [0.3, 0.4) is 0 Å². The van der Waals surface area contributed by atoms with Crippen molar-refractivity contribution in [3.63, 3.8) is 0 Å². The fourth-order valence-electron chi connectivity index (χ4n) is 2.26. The molecule has 0 spiro atoms. The molecule has 0 aliphatic rings.